The maximum absolute atomic E-state index is 13.0. The summed E-state index contributed by atoms with van der Waals surface area (Å²) in [6.45, 7) is 6.84. The molecule has 0 bridgehead atoms. The van der Waals surface area contributed by atoms with Gasteiger partial charge in [0.2, 0.25) is 10.0 Å². The first-order valence-electron chi connectivity index (χ1n) is 12.4. The SMILES string of the molecule is CCN(CC)CCCS(=O)(=O)N[C@H](CCc1ccccc1)c1nc(CN(C)C(=O)c2csnn2)n(C)n1. The average molecular weight is 549 g/mol. The highest BCUT2D eigenvalue weighted by atomic mass is 32.2. The van der Waals surface area contributed by atoms with E-state index in [9.17, 15) is 13.2 Å². The van der Waals surface area contributed by atoms with E-state index in [4.69, 9.17) is 0 Å². The van der Waals surface area contributed by atoms with Crippen molar-refractivity contribution in [3.05, 3.63) is 58.6 Å². The maximum atomic E-state index is 13.0. The molecule has 1 atom stereocenters. The molecular weight excluding hydrogens is 512 g/mol. The lowest BCUT2D eigenvalue weighted by atomic mass is 10.1. The van der Waals surface area contributed by atoms with Gasteiger partial charge in [-0.1, -0.05) is 48.7 Å². The molecule has 37 heavy (non-hydrogen) atoms. The Kier molecular flexibility index (Phi) is 10.7. The second-order valence-electron chi connectivity index (χ2n) is 8.86. The number of nitrogens with zero attached hydrogens (tertiary/aromatic N) is 7. The van der Waals surface area contributed by atoms with Crippen molar-refractivity contribution in [2.24, 2.45) is 7.05 Å². The predicted octanol–water partition coefficient (Wildman–Crippen LogP) is 2.26. The normalized spacial score (nSPS) is 12.7. The minimum Gasteiger partial charge on any atom is -0.333 e. The number of amides is 1. The van der Waals surface area contributed by atoms with Crippen molar-refractivity contribution < 1.29 is 13.2 Å². The van der Waals surface area contributed by atoms with Crippen LogP contribution in [0.3, 0.4) is 0 Å². The van der Waals surface area contributed by atoms with Crippen LogP contribution in [0.2, 0.25) is 0 Å². The van der Waals surface area contributed by atoms with Crippen LogP contribution < -0.4 is 4.72 Å². The molecule has 1 amide bonds. The Labute approximate surface area is 223 Å². The van der Waals surface area contributed by atoms with Gasteiger partial charge in [-0.3, -0.25) is 9.48 Å². The molecule has 0 aliphatic rings. The zero-order chi connectivity index (χ0) is 26.8. The summed E-state index contributed by atoms with van der Waals surface area (Å²) < 4.78 is 34.2. The van der Waals surface area contributed by atoms with E-state index >= 15 is 0 Å². The van der Waals surface area contributed by atoms with Gasteiger partial charge >= 0.3 is 0 Å². The van der Waals surface area contributed by atoms with E-state index in [0.29, 0.717) is 30.9 Å². The van der Waals surface area contributed by atoms with Gasteiger partial charge in [0, 0.05) is 19.5 Å². The van der Waals surface area contributed by atoms with Crippen molar-refractivity contribution in [3.8, 4) is 0 Å². The van der Waals surface area contributed by atoms with Crippen molar-refractivity contribution in [2.75, 3.05) is 32.4 Å². The number of carbonyl (C=O) groups is 1. The first-order chi connectivity index (χ1) is 17.7. The molecule has 1 aromatic carbocycles. The molecule has 13 heteroatoms. The number of hydrogen-bond acceptors (Lipinski definition) is 9. The summed E-state index contributed by atoms with van der Waals surface area (Å²) >= 11 is 1.11. The fourth-order valence-electron chi connectivity index (χ4n) is 3.95. The summed E-state index contributed by atoms with van der Waals surface area (Å²) in [5.74, 6) is 0.688. The Hall–Kier alpha value is -2.74. The lowest BCUT2D eigenvalue weighted by Gasteiger charge is -2.19. The topological polar surface area (TPSA) is 126 Å². The van der Waals surface area contributed by atoms with E-state index in [1.54, 1.807) is 24.2 Å². The summed E-state index contributed by atoms with van der Waals surface area (Å²) in [7, 11) is -0.168. The molecule has 0 fully saturated rings. The Morgan fingerprint density at radius 3 is 2.57 bits per heavy atom. The van der Waals surface area contributed by atoms with Gasteiger partial charge in [0.15, 0.2) is 11.5 Å². The summed E-state index contributed by atoms with van der Waals surface area (Å²) in [6, 6.07) is 9.31. The molecule has 0 radical (unpaired) electrons. The van der Waals surface area contributed by atoms with Gasteiger partial charge in [-0.05, 0) is 56.0 Å². The van der Waals surface area contributed by atoms with E-state index in [2.05, 4.69) is 43.1 Å². The van der Waals surface area contributed by atoms with Gasteiger partial charge in [0.05, 0.1) is 18.3 Å². The Morgan fingerprint density at radius 2 is 1.92 bits per heavy atom. The molecule has 0 unspecified atom stereocenters. The highest BCUT2D eigenvalue weighted by molar-refractivity contribution is 7.89. The Balaban J connectivity index is 1.74. The second kappa shape index (κ2) is 13.7. The number of benzene rings is 1. The van der Waals surface area contributed by atoms with Crippen LogP contribution in [0.25, 0.3) is 0 Å². The third-order valence-corrected chi connectivity index (χ3v) is 8.13. The average Bonchev–Trinajstić information content (AvgIpc) is 3.55. The van der Waals surface area contributed by atoms with Crippen LogP contribution in [0.15, 0.2) is 35.7 Å². The largest absolute Gasteiger partial charge is 0.333 e. The molecule has 0 aliphatic heterocycles. The minimum atomic E-state index is -3.56. The molecule has 11 nitrogen and oxygen atoms in total. The standard InChI is InChI=1S/C24H36N8O3S2/c1-5-32(6-2)15-10-16-37(34,35)28-20(14-13-19-11-8-7-9-12-19)23-25-22(31(4)27-23)17-30(3)24(33)21-18-36-29-26-21/h7-9,11-12,18,20,28H,5-6,10,13-17H2,1-4H3/t20-/m1/s1. The minimum absolute atomic E-state index is 0.0317. The molecule has 2 aromatic heterocycles. The maximum Gasteiger partial charge on any atom is 0.275 e. The summed E-state index contributed by atoms with van der Waals surface area (Å²) in [6.07, 6.45) is 1.71. The number of hydrogen-bond donors (Lipinski definition) is 1. The molecule has 202 valence electrons. The monoisotopic (exact) mass is 548 g/mol. The molecule has 0 spiro atoms. The second-order valence-corrected chi connectivity index (χ2v) is 11.3. The number of carbonyl (C=O) groups excluding carboxylic acids is 1. The molecule has 0 aliphatic carbocycles. The summed E-state index contributed by atoms with van der Waals surface area (Å²) in [5.41, 5.74) is 1.37. The fraction of sp³-hybridized carbons (Fsp3) is 0.542. The van der Waals surface area contributed by atoms with Crippen molar-refractivity contribution in [1.82, 2.24) is 38.9 Å². The van der Waals surface area contributed by atoms with Crippen LogP contribution in [0, 0.1) is 0 Å². The summed E-state index contributed by atoms with van der Waals surface area (Å²) in [4.78, 5) is 20.9. The first kappa shape index (κ1) is 28.8. The van der Waals surface area contributed by atoms with Crippen LogP contribution in [-0.4, -0.2) is 80.9 Å². The van der Waals surface area contributed by atoms with Crippen LogP contribution in [-0.2, 0) is 30.0 Å². The van der Waals surface area contributed by atoms with Gasteiger partial charge in [-0.2, -0.15) is 5.10 Å². The van der Waals surface area contributed by atoms with Crippen molar-refractivity contribution in [3.63, 3.8) is 0 Å². The molecule has 3 rings (SSSR count). The van der Waals surface area contributed by atoms with E-state index in [0.717, 1.165) is 36.7 Å². The van der Waals surface area contributed by atoms with E-state index in [1.165, 1.54) is 4.90 Å². The van der Waals surface area contributed by atoms with Gasteiger partial charge in [0.1, 0.15) is 5.82 Å². The van der Waals surface area contributed by atoms with Gasteiger partial charge < -0.3 is 9.80 Å². The molecule has 0 saturated carbocycles. The van der Waals surface area contributed by atoms with Crippen molar-refractivity contribution in [1.29, 1.82) is 0 Å². The molecule has 0 saturated heterocycles. The van der Waals surface area contributed by atoms with Crippen molar-refractivity contribution in [2.45, 2.75) is 45.7 Å². The molecule has 2 heterocycles. The number of aryl methyl sites for hydroxylation is 2. The van der Waals surface area contributed by atoms with Crippen LogP contribution in [0.4, 0.5) is 0 Å². The summed E-state index contributed by atoms with van der Waals surface area (Å²) in [5, 5.41) is 9.95. The van der Waals surface area contributed by atoms with E-state index in [-0.39, 0.29) is 23.9 Å². The Bertz CT molecular complexity index is 1210. The number of rotatable bonds is 15. The number of sulfonamides is 1. The van der Waals surface area contributed by atoms with Crippen LogP contribution in [0.1, 0.15) is 60.4 Å². The molecule has 3 aromatic rings. The molecular formula is C24H36N8O3S2. The predicted molar refractivity (Wildman–Crippen MR) is 144 cm³/mol. The van der Waals surface area contributed by atoms with Gasteiger partial charge in [-0.15, -0.1) is 5.10 Å². The van der Waals surface area contributed by atoms with Gasteiger partial charge in [0.25, 0.3) is 5.91 Å². The smallest absolute Gasteiger partial charge is 0.275 e. The number of nitrogens with one attached hydrogen (secondary N) is 1. The highest BCUT2D eigenvalue weighted by Gasteiger charge is 2.25. The van der Waals surface area contributed by atoms with Crippen molar-refractivity contribution >= 4 is 27.5 Å². The molecule has 1 N–H and O–H groups in total. The highest BCUT2D eigenvalue weighted by Crippen LogP contribution is 2.19. The third-order valence-electron chi connectivity index (χ3n) is 6.15. The zero-order valence-electron chi connectivity index (χ0n) is 21.9. The van der Waals surface area contributed by atoms with Crippen LogP contribution >= 0.6 is 11.5 Å². The lowest BCUT2D eigenvalue weighted by Crippen LogP contribution is -2.33. The first-order valence-corrected chi connectivity index (χ1v) is 14.9. The zero-order valence-corrected chi connectivity index (χ0v) is 23.5. The quantitative estimate of drug-likeness (QED) is 0.307. The third kappa shape index (κ3) is 8.66. The van der Waals surface area contributed by atoms with Crippen LogP contribution in [0.5, 0.6) is 0 Å². The van der Waals surface area contributed by atoms with E-state index < -0.39 is 16.1 Å². The Morgan fingerprint density at radius 1 is 1.19 bits per heavy atom. The van der Waals surface area contributed by atoms with Gasteiger partial charge in [-0.25, -0.2) is 18.1 Å². The lowest BCUT2D eigenvalue weighted by molar-refractivity contribution is 0.0774. The number of aromatic nitrogens is 5. The van der Waals surface area contributed by atoms with E-state index in [1.807, 2.05) is 30.3 Å². The fourth-order valence-corrected chi connectivity index (χ4v) is 5.66.